The fourth-order valence-corrected chi connectivity index (χ4v) is 1.63. The molecule has 13 heavy (non-hydrogen) atoms. The highest BCUT2D eigenvalue weighted by molar-refractivity contribution is 6.32. The first-order valence-corrected chi connectivity index (χ1v) is 4.29. The standard InChI is InChI=1S/C9H8ClNO2/c10-6-3-1-2-5-4-7(9(11)12)13-8(5)6/h1-3,7H,4H2,(H2,11,12). The third-order valence-electron chi connectivity index (χ3n) is 2.03. The smallest absolute Gasteiger partial charge is 0.258 e. The molecule has 1 atom stereocenters. The Kier molecular flexibility index (Phi) is 1.88. The summed E-state index contributed by atoms with van der Waals surface area (Å²) >= 11 is 5.86. The van der Waals surface area contributed by atoms with Gasteiger partial charge in [-0.25, -0.2) is 0 Å². The number of carbonyl (C=O) groups is 1. The zero-order valence-corrected chi connectivity index (χ0v) is 7.54. The van der Waals surface area contributed by atoms with Crippen LogP contribution in [0.4, 0.5) is 0 Å². The van der Waals surface area contributed by atoms with E-state index in [1.54, 1.807) is 6.07 Å². The van der Waals surface area contributed by atoms with Crippen molar-refractivity contribution in [1.82, 2.24) is 0 Å². The first-order chi connectivity index (χ1) is 6.18. The van der Waals surface area contributed by atoms with Crippen LogP contribution in [0, 0.1) is 0 Å². The first kappa shape index (κ1) is 8.38. The second kappa shape index (κ2) is 2.92. The van der Waals surface area contributed by atoms with Crippen molar-refractivity contribution in [3.05, 3.63) is 28.8 Å². The highest BCUT2D eigenvalue weighted by Crippen LogP contribution is 2.35. The average molecular weight is 198 g/mol. The van der Waals surface area contributed by atoms with E-state index in [4.69, 9.17) is 22.1 Å². The van der Waals surface area contributed by atoms with E-state index >= 15 is 0 Å². The molecule has 1 aromatic rings. The minimum Gasteiger partial charge on any atom is -0.478 e. The summed E-state index contributed by atoms with van der Waals surface area (Å²) in [6, 6.07) is 5.43. The molecule has 4 heteroatoms. The monoisotopic (exact) mass is 197 g/mol. The van der Waals surface area contributed by atoms with Gasteiger partial charge < -0.3 is 10.5 Å². The number of hydrogen-bond acceptors (Lipinski definition) is 2. The molecular weight excluding hydrogens is 190 g/mol. The topological polar surface area (TPSA) is 52.3 Å². The van der Waals surface area contributed by atoms with E-state index in [0.29, 0.717) is 17.2 Å². The maximum absolute atomic E-state index is 10.8. The van der Waals surface area contributed by atoms with E-state index in [0.717, 1.165) is 5.56 Å². The van der Waals surface area contributed by atoms with Crippen molar-refractivity contribution < 1.29 is 9.53 Å². The minimum absolute atomic E-state index is 0.452. The fourth-order valence-electron chi connectivity index (χ4n) is 1.39. The van der Waals surface area contributed by atoms with Crippen molar-refractivity contribution in [2.45, 2.75) is 12.5 Å². The predicted octanol–water partition coefficient (Wildman–Crippen LogP) is 1.13. The van der Waals surface area contributed by atoms with Gasteiger partial charge in [0.05, 0.1) is 5.02 Å². The summed E-state index contributed by atoms with van der Waals surface area (Å²) in [5.41, 5.74) is 6.06. The summed E-state index contributed by atoms with van der Waals surface area (Å²) in [6.45, 7) is 0. The number of halogens is 1. The van der Waals surface area contributed by atoms with Gasteiger partial charge in [0.25, 0.3) is 5.91 Å². The van der Waals surface area contributed by atoms with E-state index < -0.39 is 12.0 Å². The van der Waals surface area contributed by atoms with Crippen LogP contribution in [0.1, 0.15) is 5.56 Å². The number of primary amides is 1. The van der Waals surface area contributed by atoms with Crippen LogP contribution in [0.2, 0.25) is 5.02 Å². The number of benzene rings is 1. The Labute approximate surface area is 80.4 Å². The van der Waals surface area contributed by atoms with Crippen LogP contribution in [-0.2, 0) is 11.2 Å². The van der Waals surface area contributed by atoms with Crippen molar-refractivity contribution in [3.8, 4) is 5.75 Å². The Morgan fingerprint density at radius 2 is 2.38 bits per heavy atom. The van der Waals surface area contributed by atoms with Gasteiger partial charge in [0, 0.05) is 6.42 Å². The Morgan fingerprint density at radius 1 is 1.62 bits per heavy atom. The van der Waals surface area contributed by atoms with Gasteiger partial charge >= 0.3 is 0 Å². The maximum Gasteiger partial charge on any atom is 0.258 e. The van der Waals surface area contributed by atoms with Crippen molar-refractivity contribution in [2.24, 2.45) is 5.73 Å². The third-order valence-corrected chi connectivity index (χ3v) is 2.33. The molecule has 1 aromatic carbocycles. The lowest BCUT2D eigenvalue weighted by atomic mass is 10.1. The van der Waals surface area contributed by atoms with E-state index in [1.807, 2.05) is 12.1 Å². The largest absolute Gasteiger partial charge is 0.478 e. The summed E-state index contributed by atoms with van der Waals surface area (Å²) in [5, 5.41) is 0.529. The number of hydrogen-bond donors (Lipinski definition) is 1. The van der Waals surface area contributed by atoms with Gasteiger partial charge in [-0.05, 0) is 11.6 Å². The molecule has 1 amide bonds. The molecule has 0 aliphatic carbocycles. The molecule has 1 heterocycles. The van der Waals surface area contributed by atoms with Gasteiger partial charge in [0.2, 0.25) is 0 Å². The van der Waals surface area contributed by atoms with Gasteiger partial charge in [-0.2, -0.15) is 0 Å². The van der Waals surface area contributed by atoms with E-state index in [1.165, 1.54) is 0 Å². The molecule has 0 saturated heterocycles. The second-order valence-corrected chi connectivity index (χ2v) is 3.35. The minimum atomic E-state index is -0.560. The predicted molar refractivity (Wildman–Crippen MR) is 48.8 cm³/mol. The maximum atomic E-state index is 10.8. The van der Waals surface area contributed by atoms with Crippen LogP contribution in [0.3, 0.4) is 0 Å². The average Bonchev–Trinajstić information content (AvgIpc) is 2.49. The number of nitrogens with two attached hydrogens (primary N) is 1. The molecule has 0 radical (unpaired) electrons. The number of para-hydroxylation sites is 1. The Morgan fingerprint density at radius 3 is 3.00 bits per heavy atom. The van der Waals surface area contributed by atoms with Gasteiger partial charge in [-0.3, -0.25) is 4.79 Å². The molecule has 68 valence electrons. The summed E-state index contributed by atoms with van der Waals surface area (Å²) in [4.78, 5) is 10.8. The lowest BCUT2D eigenvalue weighted by Gasteiger charge is -2.05. The zero-order chi connectivity index (χ0) is 9.42. The lowest BCUT2D eigenvalue weighted by molar-refractivity contribution is -0.123. The van der Waals surface area contributed by atoms with Crippen molar-refractivity contribution in [1.29, 1.82) is 0 Å². The Bertz CT molecular complexity index is 365. The highest BCUT2D eigenvalue weighted by Gasteiger charge is 2.28. The number of rotatable bonds is 1. The van der Waals surface area contributed by atoms with E-state index in [2.05, 4.69) is 0 Å². The van der Waals surface area contributed by atoms with Crippen molar-refractivity contribution in [3.63, 3.8) is 0 Å². The van der Waals surface area contributed by atoms with Crippen molar-refractivity contribution in [2.75, 3.05) is 0 Å². The van der Waals surface area contributed by atoms with Crippen molar-refractivity contribution >= 4 is 17.5 Å². The SMILES string of the molecule is NC(=O)C1Cc2cccc(Cl)c2O1. The molecule has 0 fully saturated rings. The Hall–Kier alpha value is -1.22. The molecule has 1 unspecified atom stereocenters. The van der Waals surface area contributed by atoms with Gasteiger partial charge in [0.15, 0.2) is 6.10 Å². The second-order valence-electron chi connectivity index (χ2n) is 2.94. The molecule has 0 saturated carbocycles. The molecule has 3 nitrogen and oxygen atoms in total. The summed E-state index contributed by atoms with van der Waals surface area (Å²) in [7, 11) is 0. The van der Waals surface area contributed by atoms with E-state index in [-0.39, 0.29) is 0 Å². The first-order valence-electron chi connectivity index (χ1n) is 3.92. The number of amides is 1. The fraction of sp³-hybridized carbons (Fsp3) is 0.222. The van der Waals surface area contributed by atoms with Crippen LogP contribution >= 0.6 is 11.6 Å². The summed E-state index contributed by atoms with van der Waals surface area (Å²) in [5.74, 6) is 0.139. The number of fused-ring (bicyclic) bond motifs is 1. The number of carbonyl (C=O) groups excluding carboxylic acids is 1. The Balaban J connectivity index is 2.35. The highest BCUT2D eigenvalue weighted by atomic mass is 35.5. The number of ether oxygens (including phenoxy) is 1. The quantitative estimate of drug-likeness (QED) is 0.734. The molecule has 0 bridgehead atoms. The summed E-state index contributed by atoms with van der Waals surface area (Å²) < 4.78 is 5.29. The van der Waals surface area contributed by atoms with Crippen LogP contribution < -0.4 is 10.5 Å². The molecular formula is C9H8ClNO2. The van der Waals surface area contributed by atoms with Crippen LogP contribution in [-0.4, -0.2) is 12.0 Å². The molecule has 1 aliphatic heterocycles. The third kappa shape index (κ3) is 1.35. The van der Waals surface area contributed by atoms with Gasteiger partial charge in [0.1, 0.15) is 5.75 Å². The normalized spacial score (nSPS) is 19.3. The summed E-state index contributed by atoms with van der Waals surface area (Å²) in [6.07, 6.45) is -0.0412. The molecule has 1 aliphatic rings. The zero-order valence-electron chi connectivity index (χ0n) is 6.79. The molecule has 0 aromatic heterocycles. The molecule has 2 rings (SSSR count). The van der Waals surface area contributed by atoms with Crippen LogP contribution in [0.15, 0.2) is 18.2 Å². The van der Waals surface area contributed by atoms with E-state index in [9.17, 15) is 4.79 Å². The lowest BCUT2D eigenvalue weighted by Crippen LogP contribution is -2.31. The van der Waals surface area contributed by atoms with Gasteiger partial charge in [-0.15, -0.1) is 0 Å². The van der Waals surface area contributed by atoms with Crippen LogP contribution in [0.25, 0.3) is 0 Å². The molecule has 0 spiro atoms. The van der Waals surface area contributed by atoms with Gasteiger partial charge in [-0.1, -0.05) is 23.7 Å². The van der Waals surface area contributed by atoms with Crippen LogP contribution in [0.5, 0.6) is 5.75 Å². The molecule has 2 N–H and O–H groups in total.